The molecule has 146 valence electrons. The maximum absolute atomic E-state index is 10.5. The average Bonchev–Trinajstić information content (AvgIpc) is 2.60. The highest BCUT2D eigenvalue weighted by Gasteiger charge is 2.44. The maximum atomic E-state index is 10.5. The number of allylic oxidation sites excluding steroid dienone is 11. The van der Waals surface area contributed by atoms with Crippen LogP contribution in [0.2, 0.25) is 0 Å². The molecule has 27 heavy (non-hydrogen) atoms. The Kier molecular flexibility index (Phi) is 7.65. The first-order valence-corrected chi connectivity index (χ1v) is 10.1. The van der Waals surface area contributed by atoms with Crippen LogP contribution in [0.15, 0.2) is 71.9 Å². The van der Waals surface area contributed by atoms with Gasteiger partial charge in [0.2, 0.25) is 0 Å². The summed E-state index contributed by atoms with van der Waals surface area (Å²) in [4.78, 5) is 10.5. The van der Waals surface area contributed by atoms with Crippen molar-refractivity contribution in [1.29, 1.82) is 0 Å². The quantitative estimate of drug-likeness (QED) is 0.311. The lowest BCUT2D eigenvalue weighted by atomic mass is 9.55. The van der Waals surface area contributed by atoms with Gasteiger partial charge in [0.15, 0.2) is 0 Å². The van der Waals surface area contributed by atoms with Gasteiger partial charge in [0, 0.05) is 6.08 Å². The number of rotatable bonds is 7. The van der Waals surface area contributed by atoms with Crippen LogP contribution in [0, 0.1) is 23.2 Å². The molecule has 0 saturated carbocycles. The van der Waals surface area contributed by atoms with Gasteiger partial charge in [-0.3, -0.25) is 0 Å². The molecule has 2 heteroatoms. The van der Waals surface area contributed by atoms with E-state index in [1.165, 1.54) is 42.9 Å². The summed E-state index contributed by atoms with van der Waals surface area (Å²) in [5.74, 6) is 0.988. The van der Waals surface area contributed by atoms with Crippen molar-refractivity contribution in [2.75, 3.05) is 0 Å². The van der Waals surface area contributed by atoms with Crippen molar-refractivity contribution in [1.82, 2.24) is 0 Å². The van der Waals surface area contributed by atoms with Crippen LogP contribution in [0.3, 0.4) is 0 Å². The third kappa shape index (κ3) is 5.69. The molecule has 0 bridgehead atoms. The fraction of sp³-hybridized carbons (Fsp3) is 0.480. The molecule has 0 aromatic carbocycles. The molecule has 2 nitrogen and oxygen atoms in total. The van der Waals surface area contributed by atoms with Crippen LogP contribution >= 0.6 is 0 Å². The van der Waals surface area contributed by atoms with Crippen molar-refractivity contribution in [2.45, 2.75) is 53.4 Å². The Morgan fingerprint density at radius 2 is 1.93 bits per heavy atom. The minimum Gasteiger partial charge on any atom is -0.478 e. The zero-order valence-corrected chi connectivity index (χ0v) is 17.2. The highest BCUT2D eigenvalue weighted by Crippen LogP contribution is 2.52. The number of aliphatic carboxylic acids is 1. The Bertz CT molecular complexity index is 702. The molecule has 1 N–H and O–H groups in total. The number of carboxylic acids is 1. The molecule has 0 spiro atoms. The predicted octanol–water partition coefficient (Wildman–Crippen LogP) is 6.65. The highest BCUT2D eigenvalue weighted by atomic mass is 16.4. The van der Waals surface area contributed by atoms with Crippen LogP contribution in [-0.4, -0.2) is 11.1 Å². The topological polar surface area (TPSA) is 37.3 Å². The van der Waals surface area contributed by atoms with Crippen molar-refractivity contribution in [2.24, 2.45) is 23.2 Å². The van der Waals surface area contributed by atoms with Crippen molar-refractivity contribution in [3.05, 3.63) is 71.9 Å². The van der Waals surface area contributed by atoms with E-state index in [4.69, 9.17) is 5.11 Å². The van der Waals surface area contributed by atoms with Crippen LogP contribution in [0.4, 0.5) is 0 Å². The van der Waals surface area contributed by atoms with Gasteiger partial charge in [-0.25, -0.2) is 4.79 Å². The summed E-state index contributed by atoms with van der Waals surface area (Å²) in [6, 6.07) is 0. The van der Waals surface area contributed by atoms with Crippen molar-refractivity contribution in [3.8, 4) is 0 Å². The van der Waals surface area contributed by atoms with Crippen LogP contribution in [0.25, 0.3) is 0 Å². The molecule has 0 heterocycles. The number of hydrogen-bond acceptors (Lipinski definition) is 1. The minimum absolute atomic E-state index is 0.175. The van der Waals surface area contributed by atoms with Crippen molar-refractivity contribution in [3.63, 3.8) is 0 Å². The van der Waals surface area contributed by atoms with Gasteiger partial charge in [-0.2, -0.15) is 0 Å². The van der Waals surface area contributed by atoms with Crippen molar-refractivity contribution < 1.29 is 9.90 Å². The Hall–Kier alpha value is -2.09. The standard InChI is InChI=1S/C25H34O2/c1-5-10-22-15-14-21-17-19(2)13-16-23(21)25(22,4)18-20(3)11-8-6-7-9-12-24(26)27/h6-9,11-15,18,21-23H,5,10,16-17H2,1-4H3,(H,26,27)/b7-6+,11-8+,12-9+,20-18+/t21-,22-,23-,25-/m1/s1. The van der Waals surface area contributed by atoms with Gasteiger partial charge in [0.25, 0.3) is 0 Å². The van der Waals surface area contributed by atoms with Gasteiger partial charge >= 0.3 is 5.97 Å². The molecular weight excluding hydrogens is 332 g/mol. The average molecular weight is 367 g/mol. The number of carbonyl (C=O) groups is 1. The minimum atomic E-state index is -0.925. The number of hydrogen-bond donors (Lipinski definition) is 1. The van der Waals surface area contributed by atoms with E-state index in [0.29, 0.717) is 17.8 Å². The molecule has 4 atom stereocenters. The van der Waals surface area contributed by atoms with E-state index in [2.05, 4.69) is 58.1 Å². The molecule has 0 aliphatic heterocycles. The first-order valence-electron chi connectivity index (χ1n) is 10.1. The molecule has 0 amide bonds. The van der Waals surface area contributed by atoms with E-state index < -0.39 is 5.97 Å². The fourth-order valence-electron chi connectivity index (χ4n) is 4.72. The molecule has 0 aromatic heterocycles. The lowest BCUT2D eigenvalue weighted by molar-refractivity contribution is -0.131. The Labute approximate surface area is 164 Å². The van der Waals surface area contributed by atoms with E-state index in [9.17, 15) is 4.79 Å². The summed E-state index contributed by atoms with van der Waals surface area (Å²) in [5, 5.41) is 8.59. The first kappa shape index (κ1) is 21.2. The van der Waals surface area contributed by atoms with Gasteiger partial charge in [0.05, 0.1) is 0 Å². The van der Waals surface area contributed by atoms with Gasteiger partial charge in [-0.05, 0) is 56.3 Å². The largest absolute Gasteiger partial charge is 0.478 e. The third-order valence-corrected chi connectivity index (χ3v) is 6.05. The van der Waals surface area contributed by atoms with E-state index in [0.717, 1.165) is 6.08 Å². The molecule has 0 saturated heterocycles. The molecule has 2 aliphatic carbocycles. The van der Waals surface area contributed by atoms with E-state index in [-0.39, 0.29) is 5.41 Å². The Morgan fingerprint density at radius 3 is 2.59 bits per heavy atom. The zero-order chi connectivity index (χ0) is 19.9. The zero-order valence-electron chi connectivity index (χ0n) is 17.2. The smallest absolute Gasteiger partial charge is 0.328 e. The van der Waals surface area contributed by atoms with Crippen LogP contribution in [0.5, 0.6) is 0 Å². The maximum Gasteiger partial charge on any atom is 0.328 e. The van der Waals surface area contributed by atoms with Gasteiger partial charge in [0.1, 0.15) is 0 Å². The highest BCUT2D eigenvalue weighted by molar-refractivity contribution is 5.80. The van der Waals surface area contributed by atoms with Crippen molar-refractivity contribution >= 4 is 5.97 Å². The van der Waals surface area contributed by atoms with E-state index in [1.54, 1.807) is 6.08 Å². The summed E-state index contributed by atoms with van der Waals surface area (Å²) in [6.07, 6.45) is 25.1. The second-order valence-corrected chi connectivity index (χ2v) is 8.24. The van der Waals surface area contributed by atoms with Crippen LogP contribution in [-0.2, 0) is 4.79 Å². The summed E-state index contributed by atoms with van der Waals surface area (Å²) in [7, 11) is 0. The van der Waals surface area contributed by atoms with Gasteiger partial charge in [-0.15, -0.1) is 0 Å². The molecule has 2 rings (SSSR count). The van der Waals surface area contributed by atoms with Crippen LogP contribution in [0.1, 0.15) is 53.4 Å². The third-order valence-electron chi connectivity index (χ3n) is 6.05. The molecule has 0 unspecified atom stereocenters. The summed E-state index contributed by atoms with van der Waals surface area (Å²) >= 11 is 0. The van der Waals surface area contributed by atoms with Crippen LogP contribution < -0.4 is 0 Å². The lowest BCUT2D eigenvalue weighted by Crippen LogP contribution is -2.41. The molecule has 0 aromatic rings. The second-order valence-electron chi connectivity index (χ2n) is 8.24. The summed E-state index contributed by atoms with van der Waals surface area (Å²) in [5.41, 5.74) is 2.97. The van der Waals surface area contributed by atoms with E-state index in [1.807, 2.05) is 12.2 Å². The second kappa shape index (κ2) is 9.73. The summed E-state index contributed by atoms with van der Waals surface area (Å²) in [6.45, 7) is 9.15. The molecular formula is C25H34O2. The monoisotopic (exact) mass is 366 g/mol. The summed E-state index contributed by atoms with van der Waals surface area (Å²) < 4.78 is 0. The lowest BCUT2D eigenvalue weighted by Gasteiger charge is -2.49. The number of fused-ring (bicyclic) bond motifs is 1. The molecule has 2 aliphatic rings. The Morgan fingerprint density at radius 1 is 1.22 bits per heavy atom. The van der Waals surface area contributed by atoms with Gasteiger partial charge in [-0.1, -0.05) is 86.1 Å². The molecule has 0 fully saturated rings. The molecule has 0 radical (unpaired) electrons. The predicted molar refractivity (Wildman–Crippen MR) is 114 cm³/mol. The van der Waals surface area contributed by atoms with Gasteiger partial charge < -0.3 is 5.11 Å². The number of carboxylic acid groups (broad SMARTS) is 1. The first-order chi connectivity index (χ1) is 12.9. The fourth-order valence-corrected chi connectivity index (χ4v) is 4.72. The SMILES string of the molecule is CCC[C@@H]1C=C[C@@H]2CC(C)=CC[C@H]2[C@]1(C)/C=C(C)/C=C/C=C/C=C/C(=O)O. The normalized spacial score (nSPS) is 31.6. The van der Waals surface area contributed by atoms with E-state index >= 15 is 0 Å². The Balaban J connectivity index is 2.20.